The molecule has 0 aromatic carbocycles. The van der Waals surface area contributed by atoms with Crippen LogP contribution >= 0.6 is 0 Å². The number of nitrogens with two attached hydrogens (primary N) is 1. The molecule has 0 saturated heterocycles. The Morgan fingerprint density at radius 1 is 1.47 bits per heavy atom. The summed E-state index contributed by atoms with van der Waals surface area (Å²) in [5.74, 6) is -0.411. The van der Waals surface area contributed by atoms with Crippen LogP contribution in [0.2, 0.25) is 0 Å². The van der Waals surface area contributed by atoms with E-state index in [4.69, 9.17) is 9.56 Å². The number of amides is 1. The van der Waals surface area contributed by atoms with Crippen molar-refractivity contribution >= 4 is 15.9 Å². The highest BCUT2D eigenvalue weighted by Gasteiger charge is 2.23. The Hall–Kier alpha value is -1.34. The van der Waals surface area contributed by atoms with E-state index in [1.165, 1.54) is 11.8 Å². The maximum absolute atomic E-state index is 11.5. The van der Waals surface area contributed by atoms with E-state index in [0.717, 1.165) is 6.26 Å². The van der Waals surface area contributed by atoms with Gasteiger partial charge in [-0.1, -0.05) is 0 Å². The van der Waals surface area contributed by atoms with Gasteiger partial charge in [-0.2, -0.15) is 0 Å². The summed E-state index contributed by atoms with van der Waals surface area (Å²) in [6.45, 7) is 1.47. The van der Waals surface area contributed by atoms with Crippen molar-refractivity contribution in [2.75, 3.05) is 14.1 Å². The number of nitrogens with zero attached hydrogens (tertiary/aromatic N) is 1. The Labute approximate surface area is 87.7 Å². The molecule has 0 bridgehead atoms. The Morgan fingerprint density at radius 3 is 2.33 bits per heavy atom. The van der Waals surface area contributed by atoms with E-state index in [1.54, 1.807) is 14.1 Å². The van der Waals surface area contributed by atoms with Crippen molar-refractivity contribution in [3.8, 4) is 0 Å². The lowest BCUT2D eigenvalue weighted by Crippen LogP contribution is -2.22. The average molecular weight is 232 g/mol. The topological polar surface area (TPSA) is 93.6 Å². The number of hydrogen-bond donors (Lipinski definition) is 1. The molecule has 1 rings (SSSR count). The van der Waals surface area contributed by atoms with Crippen molar-refractivity contribution < 1.29 is 17.6 Å². The van der Waals surface area contributed by atoms with Gasteiger partial charge in [0, 0.05) is 19.7 Å². The number of furan rings is 1. The molecule has 1 aromatic rings. The summed E-state index contributed by atoms with van der Waals surface area (Å²) in [6.07, 6.45) is 0.974. The molecule has 1 heterocycles. The van der Waals surface area contributed by atoms with Gasteiger partial charge >= 0.3 is 0 Å². The van der Waals surface area contributed by atoms with Crippen LogP contribution in [0.1, 0.15) is 16.1 Å². The summed E-state index contributed by atoms with van der Waals surface area (Å²) in [5.41, 5.74) is 0.233. The summed E-state index contributed by atoms with van der Waals surface area (Å²) in [4.78, 5) is 12.6. The first-order valence-electron chi connectivity index (χ1n) is 4.07. The highest BCUT2D eigenvalue weighted by Crippen LogP contribution is 2.20. The smallest absolute Gasteiger partial charge is 0.289 e. The van der Waals surface area contributed by atoms with Gasteiger partial charge in [0.25, 0.3) is 5.91 Å². The first-order valence-corrected chi connectivity index (χ1v) is 5.62. The molecule has 6 nitrogen and oxygen atoms in total. The maximum Gasteiger partial charge on any atom is 0.289 e. The number of sulfonamides is 1. The van der Waals surface area contributed by atoms with Crippen molar-refractivity contribution in [2.24, 2.45) is 5.14 Å². The minimum absolute atomic E-state index is 0.0102. The molecule has 0 aliphatic rings. The summed E-state index contributed by atoms with van der Waals surface area (Å²) >= 11 is 0. The lowest BCUT2D eigenvalue weighted by atomic mass is 10.2. The number of primary sulfonamides is 1. The molecule has 84 valence electrons. The normalized spacial score (nSPS) is 11.5. The average Bonchev–Trinajstić information content (AvgIpc) is 2.44. The SMILES string of the molecule is Cc1c(S(N)(=O)=O)coc1C(=O)N(C)C. The molecule has 0 aliphatic carbocycles. The number of carbonyl (C=O) groups excluding carboxylic acids is 1. The third-order valence-corrected chi connectivity index (χ3v) is 2.92. The van der Waals surface area contributed by atoms with E-state index >= 15 is 0 Å². The minimum Gasteiger partial charge on any atom is -0.457 e. The van der Waals surface area contributed by atoms with E-state index in [9.17, 15) is 13.2 Å². The second-order valence-corrected chi connectivity index (χ2v) is 4.83. The van der Waals surface area contributed by atoms with Crippen molar-refractivity contribution in [3.63, 3.8) is 0 Å². The van der Waals surface area contributed by atoms with Gasteiger partial charge in [0.2, 0.25) is 10.0 Å². The highest BCUT2D eigenvalue weighted by atomic mass is 32.2. The summed E-state index contributed by atoms with van der Waals surface area (Å²) in [5, 5.41) is 4.93. The van der Waals surface area contributed by atoms with Gasteiger partial charge in [-0.05, 0) is 6.92 Å². The van der Waals surface area contributed by atoms with Crippen molar-refractivity contribution in [1.82, 2.24) is 4.90 Å². The zero-order valence-electron chi connectivity index (χ0n) is 8.64. The molecule has 0 atom stereocenters. The number of hydrogen-bond acceptors (Lipinski definition) is 4. The molecule has 7 heteroatoms. The van der Waals surface area contributed by atoms with E-state index in [2.05, 4.69) is 0 Å². The van der Waals surface area contributed by atoms with Crippen LogP contribution in [0.5, 0.6) is 0 Å². The van der Waals surface area contributed by atoms with Crippen LogP contribution in [0.4, 0.5) is 0 Å². The van der Waals surface area contributed by atoms with Crippen LogP contribution in [0.25, 0.3) is 0 Å². The van der Waals surface area contributed by atoms with Gasteiger partial charge in [0.05, 0.1) is 0 Å². The van der Waals surface area contributed by atoms with Crippen LogP contribution in [0.3, 0.4) is 0 Å². The Bertz CT molecular complexity index is 487. The van der Waals surface area contributed by atoms with Gasteiger partial charge in [0.15, 0.2) is 5.76 Å². The first kappa shape index (κ1) is 11.7. The molecule has 1 aromatic heterocycles. The van der Waals surface area contributed by atoms with Gasteiger partial charge in [-0.3, -0.25) is 4.79 Å². The van der Waals surface area contributed by atoms with Crippen molar-refractivity contribution in [1.29, 1.82) is 0 Å². The second-order valence-electron chi connectivity index (χ2n) is 3.30. The standard InChI is InChI=1S/C8H12N2O4S/c1-5-6(15(9,12)13)4-14-7(5)8(11)10(2)3/h4H,1-3H3,(H2,9,12,13). The van der Waals surface area contributed by atoms with E-state index in [-0.39, 0.29) is 16.2 Å². The van der Waals surface area contributed by atoms with Crippen LogP contribution in [-0.2, 0) is 10.0 Å². The molecule has 0 radical (unpaired) electrons. The zero-order valence-corrected chi connectivity index (χ0v) is 9.46. The molecule has 0 fully saturated rings. The Kier molecular flexibility index (Phi) is 2.87. The van der Waals surface area contributed by atoms with Gasteiger partial charge < -0.3 is 9.32 Å². The molecule has 0 saturated carbocycles. The lowest BCUT2D eigenvalue weighted by Gasteiger charge is -2.07. The van der Waals surface area contributed by atoms with E-state index in [1.807, 2.05) is 0 Å². The second kappa shape index (κ2) is 3.67. The Morgan fingerprint density at radius 2 is 2.00 bits per heavy atom. The molecular weight excluding hydrogens is 220 g/mol. The molecule has 0 aliphatic heterocycles. The van der Waals surface area contributed by atoms with Gasteiger partial charge in [0.1, 0.15) is 11.2 Å². The third kappa shape index (κ3) is 2.18. The Balaban J connectivity index is 3.28. The van der Waals surface area contributed by atoms with E-state index in [0.29, 0.717) is 0 Å². The fourth-order valence-electron chi connectivity index (χ4n) is 1.10. The molecule has 0 spiro atoms. The quantitative estimate of drug-likeness (QED) is 0.772. The maximum atomic E-state index is 11.5. The molecular formula is C8H12N2O4S. The first-order chi connectivity index (χ1) is 6.75. The lowest BCUT2D eigenvalue weighted by molar-refractivity contribution is 0.0795. The largest absolute Gasteiger partial charge is 0.457 e. The fourth-order valence-corrected chi connectivity index (χ4v) is 1.80. The molecule has 2 N–H and O–H groups in total. The summed E-state index contributed by atoms with van der Waals surface area (Å²) in [7, 11) is -0.751. The molecule has 0 unspecified atom stereocenters. The zero-order chi connectivity index (χ0) is 11.8. The molecule has 15 heavy (non-hydrogen) atoms. The van der Waals surface area contributed by atoms with Gasteiger partial charge in [-0.15, -0.1) is 0 Å². The predicted octanol–water partition coefficient (Wildman–Crippen LogP) is -0.0628. The van der Waals surface area contributed by atoms with Crippen LogP contribution in [0.15, 0.2) is 15.6 Å². The van der Waals surface area contributed by atoms with Crippen molar-refractivity contribution in [3.05, 3.63) is 17.6 Å². The number of rotatable bonds is 2. The van der Waals surface area contributed by atoms with Crippen LogP contribution in [-0.4, -0.2) is 33.3 Å². The summed E-state index contributed by atoms with van der Waals surface area (Å²) < 4.78 is 27.0. The number of carbonyl (C=O) groups is 1. The monoisotopic (exact) mass is 232 g/mol. The third-order valence-electron chi connectivity index (χ3n) is 1.90. The van der Waals surface area contributed by atoms with E-state index < -0.39 is 15.9 Å². The van der Waals surface area contributed by atoms with Gasteiger partial charge in [-0.25, -0.2) is 13.6 Å². The fraction of sp³-hybridized carbons (Fsp3) is 0.375. The molecule has 1 amide bonds. The van der Waals surface area contributed by atoms with Crippen LogP contribution in [0, 0.1) is 6.92 Å². The predicted molar refractivity (Wildman–Crippen MR) is 52.8 cm³/mol. The summed E-state index contributed by atoms with van der Waals surface area (Å²) in [6, 6.07) is 0. The minimum atomic E-state index is -3.84. The van der Waals surface area contributed by atoms with Crippen molar-refractivity contribution in [2.45, 2.75) is 11.8 Å². The van der Waals surface area contributed by atoms with Crippen LogP contribution < -0.4 is 5.14 Å². The highest BCUT2D eigenvalue weighted by molar-refractivity contribution is 7.89.